The topological polar surface area (TPSA) is 121 Å². The normalized spacial score (nSPS) is 9.96. The molecule has 0 saturated carbocycles. The number of nitrogens with zero attached hydrogens (tertiary/aromatic N) is 1. The molecule has 1 heterocycles. The quantitative estimate of drug-likeness (QED) is 0.490. The first kappa shape index (κ1) is 16.0. The lowest BCUT2D eigenvalue weighted by atomic mass is 10.2. The molecule has 0 unspecified atom stereocenters. The molecule has 0 radical (unpaired) electrons. The summed E-state index contributed by atoms with van der Waals surface area (Å²) in [4.78, 5) is 33.4. The monoisotopic (exact) mass is 320 g/mol. The van der Waals surface area contributed by atoms with Crippen molar-refractivity contribution in [1.82, 2.24) is 0 Å². The predicted octanol–water partition coefficient (Wildman–Crippen LogP) is 1.99. The first-order chi connectivity index (χ1) is 11.0. The van der Waals surface area contributed by atoms with Crippen LogP contribution in [0, 0.1) is 10.1 Å². The number of hydrogen-bond donors (Lipinski definition) is 1. The summed E-state index contributed by atoms with van der Waals surface area (Å²) < 4.78 is 14.6. The van der Waals surface area contributed by atoms with E-state index in [2.05, 4.69) is 5.32 Å². The minimum absolute atomic E-state index is 0.0225. The molecule has 1 amide bonds. The molecular weight excluding hydrogens is 308 g/mol. The molecule has 1 N–H and O–H groups in total. The zero-order valence-electron chi connectivity index (χ0n) is 12.0. The smallest absolute Gasteiger partial charge is 0.374 e. The first-order valence-corrected chi connectivity index (χ1v) is 6.34. The number of methoxy groups -OCH3 is 1. The SMILES string of the molecule is COc1cc([N+](=O)[O-])ccc1NC(=O)COC(=O)c1ccco1. The maximum atomic E-state index is 11.8. The lowest BCUT2D eigenvalue weighted by Crippen LogP contribution is -2.21. The number of ether oxygens (including phenoxy) is 2. The highest BCUT2D eigenvalue weighted by Crippen LogP contribution is 2.28. The lowest BCUT2D eigenvalue weighted by molar-refractivity contribution is -0.384. The number of non-ortho nitro benzene ring substituents is 1. The van der Waals surface area contributed by atoms with E-state index in [1.165, 1.54) is 43.7 Å². The van der Waals surface area contributed by atoms with Crippen LogP contribution in [0.3, 0.4) is 0 Å². The van der Waals surface area contributed by atoms with E-state index in [4.69, 9.17) is 13.9 Å². The summed E-state index contributed by atoms with van der Waals surface area (Å²) in [5.74, 6) is -1.31. The van der Waals surface area contributed by atoms with Crippen molar-refractivity contribution < 1.29 is 28.4 Å². The van der Waals surface area contributed by atoms with Gasteiger partial charge in [0, 0.05) is 6.07 Å². The summed E-state index contributed by atoms with van der Waals surface area (Å²) in [6.07, 6.45) is 1.30. The van der Waals surface area contributed by atoms with E-state index >= 15 is 0 Å². The maximum absolute atomic E-state index is 11.8. The van der Waals surface area contributed by atoms with Crippen LogP contribution in [0.5, 0.6) is 5.75 Å². The standard InChI is InChI=1S/C14H12N2O7/c1-21-12-7-9(16(19)20)4-5-10(12)15-13(17)8-23-14(18)11-3-2-6-22-11/h2-7H,8H2,1H3,(H,15,17). The molecule has 9 nitrogen and oxygen atoms in total. The Hall–Kier alpha value is -3.36. The number of carbonyl (C=O) groups is 2. The van der Waals surface area contributed by atoms with Gasteiger partial charge in [-0.3, -0.25) is 14.9 Å². The largest absolute Gasteiger partial charge is 0.494 e. The zero-order chi connectivity index (χ0) is 16.8. The number of carbonyl (C=O) groups excluding carboxylic acids is 2. The molecule has 0 aliphatic carbocycles. The number of rotatable bonds is 6. The van der Waals surface area contributed by atoms with Crippen molar-refractivity contribution in [2.45, 2.75) is 0 Å². The van der Waals surface area contributed by atoms with Gasteiger partial charge in [0.25, 0.3) is 11.6 Å². The highest BCUT2D eigenvalue weighted by atomic mass is 16.6. The van der Waals surface area contributed by atoms with Gasteiger partial charge in [0.1, 0.15) is 5.75 Å². The minimum atomic E-state index is -0.777. The van der Waals surface area contributed by atoms with Gasteiger partial charge in [-0.15, -0.1) is 0 Å². The zero-order valence-corrected chi connectivity index (χ0v) is 12.0. The number of hydrogen-bond acceptors (Lipinski definition) is 7. The van der Waals surface area contributed by atoms with Gasteiger partial charge >= 0.3 is 5.97 Å². The first-order valence-electron chi connectivity index (χ1n) is 6.34. The summed E-state index contributed by atoms with van der Waals surface area (Å²) in [5, 5.41) is 13.1. The molecule has 2 aromatic rings. The molecule has 0 atom stereocenters. The summed E-state index contributed by atoms with van der Waals surface area (Å²) >= 11 is 0. The Labute approximate surface area is 129 Å². The number of nitro benzene ring substituents is 1. The average Bonchev–Trinajstić information content (AvgIpc) is 3.07. The number of amides is 1. The Kier molecular flexibility index (Phi) is 4.92. The molecule has 0 fully saturated rings. The number of nitrogens with one attached hydrogen (secondary N) is 1. The molecule has 2 rings (SSSR count). The fraction of sp³-hybridized carbons (Fsp3) is 0.143. The van der Waals surface area contributed by atoms with Crippen molar-refractivity contribution in [3.63, 3.8) is 0 Å². The molecule has 0 bridgehead atoms. The van der Waals surface area contributed by atoms with Crippen molar-refractivity contribution in [2.24, 2.45) is 0 Å². The number of nitro groups is 1. The second-order valence-corrected chi connectivity index (χ2v) is 4.24. The number of anilines is 1. The Balaban J connectivity index is 1.97. The van der Waals surface area contributed by atoms with E-state index in [-0.39, 0.29) is 22.9 Å². The van der Waals surface area contributed by atoms with Gasteiger partial charge < -0.3 is 19.2 Å². The van der Waals surface area contributed by atoms with Gasteiger partial charge in [-0.05, 0) is 18.2 Å². The van der Waals surface area contributed by atoms with Crippen LogP contribution < -0.4 is 10.1 Å². The van der Waals surface area contributed by atoms with E-state index in [1.54, 1.807) is 0 Å². The van der Waals surface area contributed by atoms with Crippen LogP contribution in [0.2, 0.25) is 0 Å². The lowest BCUT2D eigenvalue weighted by Gasteiger charge is -2.10. The van der Waals surface area contributed by atoms with Crippen LogP contribution in [0.1, 0.15) is 10.6 Å². The Morgan fingerprint density at radius 1 is 1.35 bits per heavy atom. The van der Waals surface area contributed by atoms with Crippen molar-refractivity contribution >= 4 is 23.3 Å². The van der Waals surface area contributed by atoms with Crippen LogP contribution in [0.15, 0.2) is 41.0 Å². The van der Waals surface area contributed by atoms with Gasteiger partial charge in [-0.25, -0.2) is 4.79 Å². The Morgan fingerprint density at radius 2 is 2.13 bits per heavy atom. The summed E-state index contributed by atoms with van der Waals surface area (Å²) in [5.41, 5.74) is 0.0428. The number of furan rings is 1. The maximum Gasteiger partial charge on any atom is 0.374 e. The van der Waals surface area contributed by atoms with Crippen molar-refractivity contribution in [2.75, 3.05) is 19.0 Å². The third-order valence-corrected chi connectivity index (χ3v) is 2.73. The van der Waals surface area contributed by atoms with Crippen molar-refractivity contribution in [1.29, 1.82) is 0 Å². The van der Waals surface area contributed by atoms with Gasteiger partial charge in [0.05, 0.1) is 30.1 Å². The molecule has 0 aliphatic heterocycles. The molecule has 0 saturated heterocycles. The van der Waals surface area contributed by atoms with Crippen LogP contribution in [0.25, 0.3) is 0 Å². The van der Waals surface area contributed by atoms with E-state index < -0.39 is 23.4 Å². The Morgan fingerprint density at radius 3 is 2.74 bits per heavy atom. The van der Waals surface area contributed by atoms with Crippen LogP contribution >= 0.6 is 0 Å². The highest BCUT2D eigenvalue weighted by molar-refractivity contribution is 5.95. The van der Waals surface area contributed by atoms with E-state index in [9.17, 15) is 19.7 Å². The second kappa shape index (κ2) is 7.07. The van der Waals surface area contributed by atoms with Gasteiger partial charge in [-0.1, -0.05) is 0 Å². The molecule has 0 spiro atoms. The van der Waals surface area contributed by atoms with E-state index in [1.807, 2.05) is 0 Å². The minimum Gasteiger partial charge on any atom is -0.494 e. The third-order valence-electron chi connectivity index (χ3n) is 2.73. The molecule has 0 aliphatic rings. The summed E-state index contributed by atoms with van der Waals surface area (Å²) in [6, 6.07) is 6.62. The van der Waals surface area contributed by atoms with Gasteiger partial charge in [0.15, 0.2) is 6.61 Å². The third kappa shape index (κ3) is 4.06. The van der Waals surface area contributed by atoms with E-state index in [0.29, 0.717) is 0 Å². The van der Waals surface area contributed by atoms with Crippen molar-refractivity contribution in [3.8, 4) is 5.75 Å². The van der Waals surface area contributed by atoms with Gasteiger partial charge in [0.2, 0.25) is 5.76 Å². The second-order valence-electron chi connectivity index (χ2n) is 4.24. The average molecular weight is 320 g/mol. The Bertz CT molecular complexity index is 725. The molecular formula is C14H12N2O7. The highest BCUT2D eigenvalue weighted by Gasteiger charge is 2.16. The van der Waals surface area contributed by atoms with Crippen molar-refractivity contribution in [3.05, 3.63) is 52.5 Å². The number of benzene rings is 1. The summed E-state index contributed by atoms with van der Waals surface area (Å²) in [7, 11) is 1.31. The molecule has 23 heavy (non-hydrogen) atoms. The fourth-order valence-corrected chi connectivity index (χ4v) is 1.68. The number of esters is 1. The van der Waals surface area contributed by atoms with E-state index in [0.717, 1.165) is 0 Å². The predicted molar refractivity (Wildman–Crippen MR) is 77.3 cm³/mol. The molecule has 1 aromatic heterocycles. The molecule has 1 aromatic carbocycles. The summed E-state index contributed by atoms with van der Waals surface area (Å²) in [6.45, 7) is -0.542. The molecule has 9 heteroatoms. The van der Waals surface area contributed by atoms with Crippen LogP contribution in [-0.4, -0.2) is 30.5 Å². The molecule has 120 valence electrons. The fourth-order valence-electron chi connectivity index (χ4n) is 1.68. The van der Waals surface area contributed by atoms with Crippen LogP contribution in [0.4, 0.5) is 11.4 Å². The van der Waals surface area contributed by atoms with Gasteiger partial charge in [-0.2, -0.15) is 0 Å². The van der Waals surface area contributed by atoms with Crippen LogP contribution in [-0.2, 0) is 9.53 Å².